The molecule has 0 aromatic heterocycles. The molecule has 90 valence electrons. The van der Waals surface area contributed by atoms with Crippen LogP contribution in [-0.4, -0.2) is 13.2 Å². The second kappa shape index (κ2) is 5.75. The van der Waals surface area contributed by atoms with E-state index in [4.69, 9.17) is 15.2 Å². The van der Waals surface area contributed by atoms with Gasteiger partial charge < -0.3 is 15.2 Å². The molecule has 1 aromatic rings. The molecule has 0 aliphatic carbocycles. The van der Waals surface area contributed by atoms with Gasteiger partial charge >= 0.3 is 0 Å². The van der Waals surface area contributed by atoms with Gasteiger partial charge in [-0.25, -0.2) is 0 Å². The van der Waals surface area contributed by atoms with Crippen LogP contribution in [0.3, 0.4) is 0 Å². The molecular weight excluding hydrogens is 202 g/mol. The zero-order chi connectivity index (χ0) is 12.1. The van der Waals surface area contributed by atoms with Crippen LogP contribution >= 0.6 is 0 Å². The van der Waals surface area contributed by atoms with Crippen molar-refractivity contribution in [2.45, 2.75) is 39.3 Å². The van der Waals surface area contributed by atoms with E-state index in [2.05, 4.69) is 6.92 Å². The predicted molar refractivity (Wildman–Crippen MR) is 66.0 cm³/mol. The molecule has 0 aliphatic rings. The van der Waals surface area contributed by atoms with E-state index in [1.54, 1.807) is 7.11 Å². The standard InChI is InChI=1S/C13H21NO2/c1-5-9(2)16-12-7-6-11(10(3)14)8-13(12)15-4/h6-10H,5,14H2,1-4H3. The third-order valence-corrected chi connectivity index (χ3v) is 2.62. The number of hydrogen-bond donors (Lipinski definition) is 1. The highest BCUT2D eigenvalue weighted by Crippen LogP contribution is 2.30. The van der Waals surface area contributed by atoms with Gasteiger partial charge in [0.25, 0.3) is 0 Å². The lowest BCUT2D eigenvalue weighted by atomic mass is 10.1. The van der Waals surface area contributed by atoms with Crippen molar-refractivity contribution in [2.24, 2.45) is 5.73 Å². The maximum atomic E-state index is 5.82. The van der Waals surface area contributed by atoms with Gasteiger partial charge in [0.15, 0.2) is 11.5 Å². The summed E-state index contributed by atoms with van der Waals surface area (Å²) in [5.41, 5.74) is 6.87. The molecule has 0 saturated carbocycles. The average molecular weight is 223 g/mol. The summed E-state index contributed by atoms with van der Waals surface area (Å²) < 4.78 is 11.1. The van der Waals surface area contributed by atoms with E-state index in [1.807, 2.05) is 32.0 Å². The summed E-state index contributed by atoms with van der Waals surface area (Å²) in [5.74, 6) is 1.52. The van der Waals surface area contributed by atoms with Crippen molar-refractivity contribution < 1.29 is 9.47 Å². The summed E-state index contributed by atoms with van der Waals surface area (Å²) in [6.07, 6.45) is 1.16. The minimum absolute atomic E-state index is 0.00606. The van der Waals surface area contributed by atoms with Crippen molar-refractivity contribution in [3.05, 3.63) is 23.8 Å². The fourth-order valence-corrected chi connectivity index (χ4v) is 1.36. The normalized spacial score (nSPS) is 14.3. The smallest absolute Gasteiger partial charge is 0.161 e. The highest BCUT2D eigenvalue weighted by molar-refractivity contribution is 5.43. The largest absolute Gasteiger partial charge is 0.493 e. The molecular formula is C13H21NO2. The molecule has 3 heteroatoms. The molecule has 2 unspecified atom stereocenters. The zero-order valence-electron chi connectivity index (χ0n) is 10.5. The van der Waals surface area contributed by atoms with Gasteiger partial charge in [-0.1, -0.05) is 13.0 Å². The lowest BCUT2D eigenvalue weighted by Crippen LogP contribution is -2.11. The average Bonchev–Trinajstić information content (AvgIpc) is 2.29. The molecule has 0 heterocycles. The lowest BCUT2D eigenvalue weighted by molar-refractivity contribution is 0.207. The number of ether oxygens (including phenoxy) is 2. The molecule has 16 heavy (non-hydrogen) atoms. The SMILES string of the molecule is CCC(C)Oc1ccc(C(C)N)cc1OC. The van der Waals surface area contributed by atoms with Crippen molar-refractivity contribution in [2.75, 3.05) is 7.11 Å². The molecule has 2 N–H and O–H groups in total. The molecule has 0 amide bonds. The van der Waals surface area contributed by atoms with Crippen LogP contribution in [0.2, 0.25) is 0 Å². The quantitative estimate of drug-likeness (QED) is 0.834. The highest BCUT2D eigenvalue weighted by atomic mass is 16.5. The van der Waals surface area contributed by atoms with Gasteiger partial charge in [0.1, 0.15) is 0 Å². The minimum Gasteiger partial charge on any atom is -0.493 e. The minimum atomic E-state index is 0.00606. The Morgan fingerprint density at radius 1 is 1.25 bits per heavy atom. The Kier molecular flexibility index (Phi) is 4.62. The first-order valence-electron chi connectivity index (χ1n) is 5.68. The summed E-state index contributed by atoms with van der Waals surface area (Å²) in [6.45, 7) is 6.08. The summed E-state index contributed by atoms with van der Waals surface area (Å²) in [6, 6.07) is 5.84. The molecule has 0 saturated heterocycles. The van der Waals surface area contributed by atoms with Crippen molar-refractivity contribution >= 4 is 0 Å². The Labute approximate surface area is 97.6 Å². The molecule has 1 aromatic carbocycles. The maximum absolute atomic E-state index is 5.82. The Morgan fingerprint density at radius 3 is 2.44 bits per heavy atom. The molecule has 0 fully saturated rings. The van der Waals surface area contributed by atoms with E-state index in [1.165, 1.54) is 0 Å². The van der Waals surface area contributed by atoms with E-state index < -0.39 is 0 Å². The second-order valence-corrected chi connectivity index (χ2v) is 4.04. The van der Waals surface area contributed by atoms with Gasteiger partial charge in [-0.2, -0.15) is 0 Å². The molecule has 1 rings (SSSR count). The Balaban J connectivity index is 2.93. The number of nitrogens with two attached hydrogens (primary N) is 1. The van der Waals surface area contributed by atoms with Gasteiger partial charge in [-0.3, -0.25) is 0 Å². The number of hydrogen-bond acceptors (Lipinski definition) is 3. The number of rotatable bonds is 5. The Bertz CT molecular complexity index is 337. The van der Waals surface area contributed by atoms with Crippen LogP contribution in [0.1, 0.15) is 38.8 Å². The topological polar surface area (TPSA) is 44.5 Å². The Hall–Kier alpha value is -1.22. The summed E-state index contributed by atoms with van der Waals surface area (Å²) in [4.78, 5) is 0. The third-order valence-electron chi connectivity index (χ3n) is 2.62. The first-order chi connectivity index (χ1) is 7.58. The van der Waals surface area contributed by atoms with E-state index >= 15 is 0 Å². The summed E-state index contributed by atoms with van der Waals surface area (Å²) >= 11 is 0. The van der Waals surface area contributed by atoms with Crippen LogP contribution in [0.5, 0.6) is 11.5 Å². The van der Waals surface area contributed by atoms with Gasteiger partial charge in [-0.05, 0) is 38.0 Å². The van der Waals surface area contributed by atoms with Gasteiger partial charge in [0.2, 0.25) is 0 Å². The van der Waals surface area contributed by atoms with Crippen molar-refractivity contribution in [1.82, 2.24) is 0 Å². The van der Waals surface area contributed by atoms with Crippen molar-refractivity contribution in [1.29, 1.82) is 0 Å². The van der Waals surface area contributed by atoms with Crippen molar-refractivity contribution in [3.63, 3.8) is 0 Å². The summed E-state index contributed by atoms with van der Waals surface area (Å²) in [7, 11) is 1.64. The number of benzene rings is 1. The van der Waals surface area contributed by atoms with Crippen LogP contribution in [0, 0.1) is 0 Å². The van der Waals surface area contributed by atoms with Crippen LogP contribution in [0.4, 0.5) is 0 Å². The van der Waals surface area contributed by atoms with Crippen LogP contribution in [0.25, 0.3) is 0 Å². The fraction of sp³-hybridized carbons (Fsp3) is 0.538. The first kappa shape index (κ1) is 12.8. The van der Waals surface area contributed by atoms with Crippen LogP contribution in [-0.2, 0) is 0 Å². The van der Waals surface area contributed by atoms with Gasteiger partial charge in [0.05, 0.1) is 13.2 Å². The molecule has 2 atom stereocenters. The monoisotopic (exact) mass is 223 g/mol. The van der Waals surface area contributed by atoms with E-state index in [0.717, 1.165) is 23.5 Å². The van der Waals surface area contributed by atoms with Crippen molar-refractivity contribution in [3.8, 4) is 11.5 Å². The van der Waals surface area contributed by atoms with Gasteiger partial charge in [0, 0.05) is 6.04 Å². The highest BCUT2D eigenvalue weighted by Gasteiger charge is 2.10. The summed E-state index contributed by atoms with van der Waals surface area (Å²) in [5, 5.41) is 0. The third kappa shape index (κ3) is 3.14. The second-order valence-electron chi connectivity index (χ2n) is 4.04. The molecule has 0 aliphatic heterocycles. The molecule has 0 bridgehead atoms. The first-order valence-corrected chi connectivity index (χ1v) is 5.68. The predicted octanol–water partition coefficient (Wildman–Crippen LogP) is 2.89. The molecule has 3 nitrogen and oxygen atoms in total. The van der Waals surface area contributed by atoms with Crippen LogP contribution in [0.15, 0.2) is 18.2 Å². The van der Waals surface area contributed by atoms with E-state index in [0.29, 0.717) is 0 Å². The lowest BCUT2D eigenvalue weighted by Gasteiger charge is -2.17. The van der Waals surface area contributed by atoms with E-state index in [9.17, 15) is 0 Å². The van der Waals surface area contributed by atoms with Gasteiger partial charge in [-0.15, -0.1) is 0 Å². The van der Waals surface area contributed by atoms with Crippen LogP contribution < -0.4 is 15.2 Å². The molecule has 0 radical (unpaired) electrons. The van der Waals surface area contributed by atoms with E-state index in [-0.39, 0.29) is 12.1 Å². The molecule has 0 spiro atoms. The number of methoxy groups -OCH3 is 1. The zero-order valence-corrected chi connectivity index (χ0v) is 10.5. The maximum Gasteiger partial charge on any atom is 0.161 e. The fourth-order valence-electron chi connectivity index (χ4n) is 1.36. The Morgan fingerprint density at radius 2 is 1.94 bits per heavy atom.